The second-order valence-electron chi connectivity index (χ2n) is 13.6. The number of hydrogen-bond acceptors (Lipinski definition) is 13. The number of benzene rings is 4. The van der Waals surface area contributed by atoms with Gasteiger partial charge in [-0.25, -0.2) is 9.59 Å². The average Bonchev–Trinajstić information content (AvgIpc) is 3.30. The topological polar surface area (TPSA) is 146 Å². The molecule has 1 heterocycles. The summed E-state index contributed by atoms with van der Waals surface area (Å²) in [5.41, 5.74) is 3.60. The number of pyridine rings is 1. The van der Waals surface area contributed by atoms with E-state index >= 15 is 0 Å². The zero-order chi connectivity index (χ0) is 43.8. The molecule has 0 aliphatic carbocycles. The molecule has 5 rings (SSSR count). The molecule has 15 nitrogen and oxygen atoms in total. The van der Waals surface area contributed by atoms with Crippen molar-refractivity contribution in [2.45, 2.75) is 26.2 Å². The average molecular weight is 854 g/mol. The number of carbonyl (C=O) groups excluding carboxylic acids is 2. The van der Waals surface area contributed by atoms with E-state index in [9.17, 15) is 9.59 Å². The fourth-order valence-corrected chi connectivity index (χ4v) is 6.09. The second-order valence-corrected chi connectivity index (χ2v) is 13.6. The highest BCUT2D eigenvalue weighted by Crippen LogP contribution is 2.22. The van der Waals surface area contributed by atoms with E-state index in [1.54, 1.807) is 56.7 Å². The molecule has 0 N–H and O–H groups in total. The van der Waals surface area contributed by atoms with Crippen LogP contribution in [0.15, 0.2) is 116 Å². The predicted octanol–water partition coefficient (Wildman–Crippen LogP) is 7.58. The summed E-state index contributed by atoms with van der Waals surface area (Å²) in [4.78, 5) is 33.8. The lowest BCUT2D eigenvalue weighted by molar-refractivity contribution is 0.0420. The van der Waals surface area contributed by atoms with Crippen LogP contribution in [-0.2, 0) is 45.1 Å². The molecule has 2 amide bonds. The summed E-state index contributed by atoms with van der Waals surface area (Å²) in [5, 5.41) is 0. The summed E-state index contributed by atoms with van der Waals surface area (Å²) in [7, 11) is 6.41. The lowest BCUT2D eigenvalue weighted by atomic mass is 10.1. The molecule has 0 radical (unpaired) electrons. The quantitative estimate of drug-likeness (QED) is 0.0504. The summed E-state index contributed by atoms with van der Waals surface area (Å²) < 4.78 is 55.4. The Morgan fingerprint density at radius 1 is 0.419 bits per heavy atom. The Morgan fingerprint density at radius 3 is 1.06 bits per heavy atom. The summed E-state index contributed by atoms with van der Waals surface area (Å²) in [6, 6.07) is 31.9. The van der Waals surface area contributed by atoms with E-state index < -0.39 is 12.2 Å². The van der Waals surface area contributed by atoms with Gasteiger partial charge in [0.1, 0.15) is 60.9 Å². The first-order valence-corrected chi connectivity index (χ1v) is 20.1. The standard InChI is InChI=1S/C47H55N3O12/c1-53-40-13-5-9-36(25-40)32-49(33-37-10-6-14-41(26-37)54-2)46(51)61-23-19-57-17-21-59-44-29-45(31-48-30-44)60-22-18-58-20-24-62-47(52)50(34-38-11-7-15-42(27-38)55-3)35-39-12-8-16-43(28-39)56-4/h5-16,25-31H,17-24,32-35H2,1-4H3. The van der Waals surface area contributed by atoms with Crippen molar-refractivity contribution in [1.29, 1.82) is 0 Å². The van der Waals surface area contributed by atoms with Gasteiger partial charge in [-0.1, -0.05) is 48.5 Å². The van der Waals surface area contributed by atoms with Crippen LogP contribution >= 0.6 is 0 Å². The Bertz CT molecular complexity index is 1880. The van der Waals surface area contributed by atoms with Crippen LogP contribution in [0.1, 0.15) is 22.3 Å². The van der Waals surface area contributed by atoms with Gasteiger partial charge in [0.15, 0.2) is 0 Å². The van der Waals surface area contributed by atoms with Crippen LogP contribution in [0.2, 0.25) is 0 Å². The second kappa shape index (κ2) is 25.8. The Balaban J connectivity index is 0.968. The van der Waals surface area contributed by atoms with E-state index in [1.165, 1.54) is 0 Å². The van der Waals surface area contributed by atoms with Crippen molar-refractivity contribution >= 4 is 12.2 Å². The fourth-order valence-electron chi connectivity index (χ4n) is 6.09. The van der Waals surface area contributed by atoms with E-state index in [0.29, 0.717) is 60.7 Å². The molecule has 0 bridgehead atoms. The van der Waals surface area contributed by atoms with Crippen LogP contribution in [0.4, 0.5) is 9.59 Å². The van der Waals surface area contributed by atoms with Gasteiger partial charge in [0.25, 0.3) is 0 Å². The number of methoxy groups -OCH3 is 4. The minimum Gasteiger partial charge on any atom is -0.497 e. The van der Waals surface area contributed by atoms with Crippen molar-refractivity contribution in [3.05, 3.63) is 138 Å². The minimum atomic E-state index is -0.475. The van der Waals surface area contributed by atoms with E-state index in [0.717, 1.165) is 22.3 Å². The first-order valence-electron chi connectivity index (χ1n) is 20.1. The number of carbonyl (C=O) groups is 2. The van der Waals surface area contributed by atoms with Crippen LogP contribution in [0.25, 0.3) is 0 Å². The normalized spacial score (nSPS) is 10.6. The minimum absolute atomic E-state index is 0.0634. The number of hydrogen-bond donors (Lipinski definition) is 0. The van der Waals surface area contributed by atoms with Gasteiger partial charge in [0.2, 0.25) is 0 Å². The van der Waals surface area contributed by atoms with Crippen molar-refractivity contribution in [3.8, 4) is 34.5 Å². The summed E-state index contributed by atoms with van der Waals surface area (Å²) in [6.07, 6.45) is 2.20. The molecular formula is C47H55N3O12. The zero-order valence-electron chi connectivity index (χ0n) is 35.7. The molecule has 0 unspecified atom stereocenters. The van der Waals surface area contributed by atoms with Crippen LogP contribution in [0.5, 0.6) is 34.5 Å². The molecule has 62 heavy (non-hydrogen) atoms. The van der Waals surface area contributed by atoms with Gasteiger partial charge >= 0.3 is 12.2 Å². The number of nitrogens with zero attached hydrogens (tertiary/aromatic N) is 3. The van der Waals surface area contributed by atoms with Gasteiger partial charge in [0, 0.05) is 32.2 Å². The van der Waals surface area contributed by atoms with E-state index in [1.807, 2.05) is 97.1 Å². The van der Waals surface area contributed by atoms with Crippen LogP contribution < -0.4 is 28.4 Å². The van der Waals surface area contributed by atoms with Gasteiger partial charge in [-0.2, -0.15) is 0 Å². The number of amides is 2. The lowest BCUT2D eigenvalue weighted by Gasteiger charge is -2.23. The van der Waals surface area contributed by atoms with E-state index in [2.05, 4.69) is 4.98 Å². The summed E-state index contributed by atoms with van der Waals surface area (Å²) in [6.45, 7) is 2.80. The Kier molecular flexibility index (Phi) is 19.3. The Morgan fingerprint density at radius 2 is 0.742 bits per heavy atom. The molecule has 0 aliphatic heterocycles. The molecule has 1 aromatic heterocycles. The van der Waals surface area contributed by atoms with Gasteiger partial charge in [0.05, 0.1) is 67.3 Å². The molecular weight excluding hydrogens is 799 g/mol. The molecule has 0 saturated carbocycles. The molecule has 15 heteroatoms. The van der Waals surface area contributed by atoms with Crippen LogP contribution in [0.3, 0.4) is 0 Å². The van der Waals surface area contributed by atoms with Crippen molar-refractivity contribution in [2.75, 3.05) is 81.3 Å². The molecule has 0 spiro atoms. The first-order chi connectivity index (χ1) is 30.3. The van der Waals surface area contributed by atoms with Crippen molar-refractivity contribution in [3.63, 3.8) is 0 Å². The SMILES string of the molecule is COc1cccc(CN(Cc2cccc(OC)c2)C(=O)OCCOCCOc2cncc(OCCOCCOC(=O)N(Cc3cccc(OC)c3)Cc3cccc(OC)c3)c2)c1. The monoisotopic (exact) mass is 853 g/mol. The summed E-state index contributed by atoms with van der Waals surface area (Å²) in [5.74, 6) is 3.82. The smallest absolute Gasteiger partial charge is 0.410 e. The largest absolute Gasteiger partial charge is 0.497 e. The zero-order valence-corrected chi connectivity index (χ0v) is 35.7. The highest BCUT2D eigenvalue weighted by atomic mass is 16.6. The molecule has 0 atom stereocenters. The van der Waals surface area contributed by atoms with Crippen LogP contribution in [0, 0.1) is 0 Å². The molecule has 5 aromatic rings. The molecule has 0 saturated heterocycles. The highest BCUT2D eigenvalue weighted by Gasteiger charge is 2.19. The van der Waals surface area contributed by atoms with Gasteiger partial charge in [-0.3, -0.25) is 14.8 Å². The molecule has 330 valence electrons. The Hall–Kier alpha value is -6.71. The lowest BCUT2D eigenvalue weighted by Crippen LogP contribution is -2.31. The molecule has 4 aromatic carbocycles. The van der Waals surface area contributed by atoms with Gasteiger partial charge < -0.3 is 47.4 Å². The maximum absolute atomic E-state index is 13.2. The van der Waals surface area contributed by atoms with Gasteiger partial charge in [-0.15, -0.1) is 0 Å². The molecule has 0 aliphatic rings. The maximum Gasteiger partial charge on any atom is 0.410 e. The summed E-state index contributed by atoms with van der Waals surface area (Å²) >= 11 is 0. The van der Waals surface area contributed by atoms with Crippen molar-refractivity contribution in [2.24, 2.45) is 0 Å². The number of ether oxygens (including phenoxy) is 10. The van der Waals surface area contributed by atoms with E-state index in [-0.39, 0.29) is 52.9 Å². The van der Waals surface area contributed by atoms with Crippen molar-refractivity contribution < 1.29 is 57.0 Å². The van der Waals surface area contributed by atoms with E-state index in [4.69, 9.17) is 47.4 Å². The third kappa shape index (κ3) is 16.0. The Labute approximate surface area is 362 Å². The third-order valence-corrected chi connectivity index (χ3v) is 9.13. The number of aromatic nitrogens is 1. The third-order valence-electron chi connectivity index (χ3n) is 9.13. The molecule has 0 fully saturated rings. The van der Waals surface area contributed by atoms with Gasteiger partial charge in [-0.05, 0) is 70.8 Å². The fraction of sp³-hybridized carbons (Fsp3) is 0.340. The highest BCUT2D eigenvalue weighted by molar-refractivity contribution is 5.68. The maximum atomic E-state index is 13.2. The first kappa shape index (κ1) is 46.4. The number of rotatable bonds is 26. The van der Waals surface area contributed by atoms with Crippen LogP contribution in [-0.4, -0.2) is 108 Å². The predicted molar refractivity (Wildman–Crippen MR) is 230 cm³/mol. The van der Waals surface area contributed by atoms with Crippen molar-refractivity contribution in [1.82, 2.24) is 14.8 Å².